The van der Waals surface area contributed by atoms with Crippen LogP contribution >= 0.6 is 0 Å². The molecular formula is C16H22N4O6. The van der Waals surface area contributed by atoms with E-state index in [0.717, 1.165) is 11.5 Å². The van der Waals surface area contributed by atoms with Gasteiger partial charge in [-0.15, -0.1) is 0 Å². The Kier molecular flexibility index (Phi) is 5.12. The van der Waals surface area contributed by atoms with E-state index in [4.69, 9.17) is 9.94 Å². The van der Waals surface area contributed by atoms with Crippen LogP contribution in [0.5, 0.6) is 0 Å². The van der Waals surface area contributed by atoms with Gasteiger partial charge in [0.05, 0.1) is 12.6 Å². The van der Waals surface area contributed by atoms with Crippen molar-refractivity contribution in [1.29, 1.82) is 0 Å². The molecule has 1 unspecified atom stereocenters. The summed E-state index contributed by atoms with van der Waals surface area (Å²) in [6.07, 6.45) is 3.67. The van der Waals surface area contributed by atoms with Gasteiger partial charge in [0.2, 0.25) is 11.8 Å². The van der Waals surface area contributed by atoms with Crippen LogP contribution in [0.3, 0.4) is 0 Å². The Hall–Kier alpha value is -2.62. The summed E-state index contributed by atoms with van der Waals surface area (Å²) in [5.41, 5.74) is 0.711. The third kappa shape index (κ3) is 3.64. The molecule has 3 aliphatic heterocycles. The minimum atomic E-state index is -1.18. The average Bonchev–Trinajstić information content (AvgIpc) is 3.08. The molecule has 0 spiro atoms. The zero-order valence-corrected chi connectivity index (χ0v) is 14.4. The fourth-order valence-electron chi connectivity index (χ4n) is 3.58. The summed E-state index contributed by atoms with van der Waals surface area (Å²) in [5, 5.41) is 15.4. The number of carboxylic acids is 1. The van der Waals surface area contributed by atoms with Gasteiger partial charge in [0, 0.05) is 19.0 Å². The van der Waals surface area contributed by atoms with Gasteiger partial charge in [0.25, 0.3) is 0 Å². The maximum atomic E-state index is 12.6. The first-order valence-electron chi connectivity index (χ1n) is 8.56. The van der Waals surface area contributed by atoms with E-state index in [-0.39, 0.29) is 24.4 Å². The Morgan fingerprint density at radius 2 is 2.19 bits per heavy atom. The number of aliphatic carboxylic acids is 1. The van der Waals surface area contributed by atoms with Crippen molar-refractivity contribution < 1.29 is 29.1 Å². The molecule has 26 heavy (non-hydrogen) atoms. The lowest BCUT2D eigenvalue weighted by molar-refractivity contribution is -0.164. The molecule has 3 aliphatic rings. The first kappa shape index (κ1) is 18.2. The lowest BCUT2D eigenvalue weighted by atomic mass is 10.00. The molecule has 10 heteroatoms. The maximum absolute atomic E-state index is 12.6. The first-order valence-corrected chi connectivity index (χ1v) is 8.56. The number of carboxylic acid groups (broad SMARTS) is 1. The summed E-state index contributed by atoms with van der Waals surface area (Å²) >= 11 is 0. The van der Waals surface area contributed by atoms with Crippen LogP contribution in [-0.2, 0) is 19.2 Å². The quantitative estimate of drug-likeness (QED) is 0.507. The molecule has 3 rings (SSSR count). The van der Waals surface area contributed by atoms with Crippen LogP contribution in [0, 0.1) is 0 Å². The van der Waals surface area contributed by atoms with Crippen molar-refractivity contribution in [1.82, 2.24) is 20.6 Å². The van der Waals surface area contributed by atoms with E-state index in [9.17, 15) is 19.2 Å². The van der Waals surface area contributed by atoms with Crippen LogP contribution in [0.4, 0.5) is 4.79 Å². The molecule has 0 aromatic carbocycles. The number of hydrogen-bond donors (Lipinski definition) is 3. The summed E-state index contributed by atoms with van der Waals surface area (Å²) in [7, 11) is 0. The Morgan fingerprint density at radius 3 is 2.85 bits per heavy atom. The number of carbonyl (C=O) groups is 4. The zero-order chi connectivity index (χ0) is 18.8. The number of hydroxylamine groups is 2. The highest BCUT2D eigenvalue weighted by atomic mass is 16.7. The van der Waals surface area contributed by atoms with Gasteiger partial charge in [-0.25, -0.2) is 9.59 Å². The van der Waals surface area contributed by atoms with Crippen molar-refractivity contribution in [2.24, 2.45) is 0 Å². The highest BCUT2D eigenvalue weighted by Gasteiger charge is 2.47. The third-order valence-corrected chi connectivity index (χ3v) is 4.77. The van der Waals surface area contributed by atoms with E-state index in [1.54, 1.807) is 13.0 Å². The summed E-state index contributed by atoms with van der Waals surface area (Å²) in [6, 6.07) is -1.59. The first-order chi connectivity index (χ1) is 12.4. The van der Waals surface area contributed by atoms with E-state index >= 15 is 0 Å². The van der Waals surface area contributed by atoms with Gasteiger partial charge in [-0.1, -0.05) is 6.08 Å². The van der Waals surface area contributed by atoms with Gasteiger partial charge in [0.1, 0.15) is 6.04 Å². The van der Waals surface area contributed by atoms with Crippen LogP contribution in [0.15, 0.2) is 11.6 Å². The SMILES string of the molecule is CC1=C[C@@H]2CN(C(=O)N2OCC(=O)O)[C@@H]1C(=O)NCCC1CCC(=O)N1. The molecular weight excluding hydrogens is 344 g/mol. The molecule has 10 nitrogen and oxygen atoms in total. The molecule has 0 aliphatic carbocycles. The standard InChI is InChI=1S/C16H22N4O6/c1-9-6-11-7-19(16(25)20(11)26-8-13(22)23)14(9)15(24)17-5-4-10-2-3-12(21)18-10/h6,10-11,14H,2-5,7-8H2,1H3,(H,17,24)(H,18,21)(H,22,23)/t10?,11-,14+/m1/s1. The molecule has 2 saturated heterocycles. The number of carbonyl (C=O) groups excluding carboxylic acids is 3. The molecule has 0 aromatic heterocycles. The Morgan fingerprint density at radius 1 is 1.42 bits per heavy atom. The van der Waals surface area contributed by atoms with Crippen LogP contribution in [0.1, 0.15) is 26.2 Å². The fraction of sp³-hybridized carbons (Fsp3) is 0.625. The maximum Gasteiger partial charge on any atom is 0.345 e. The lowest BCUT2D eigenvalue weighted by Crippen LogP contribution is -2.50. The summed E-state index contributed by atoms with van der Waals surface area (Å²) < 4.78 is 0. The highest BCUT2D eigenvalue weighted by Crippen LogP contribution is 2.29. The number of nitrogens with one attached hydrogen (secondary N) is 2. The van der Waals surface area contributed by atoms with E-state index in [1.807, 2.05) is 0 Å². The van der Waals surface area contributed by atoms with Gasteiger partial charge in [0.15, 0.2) is 6.61 Å². The Balaban J connectivity index is 1.56. The molecule has 0 radical (unpaired) electrons. The van der Waals surface area contributed by atoms with Crippen molar-refractivity contribution in [3.63, 3.8) is 0 Å². The molecule has 3 atom stereocenters. The fourth-order valence-corrected chi connectivity index (χ4v) is 3.58. The second-order valence-electron chi connectivity index (χ2n) is 6.69. The minimum absolute atomic E-state index is 0.0301. The van der Waals surface area contributed by atoms with E-state index in [1.165, 1.54) is 4.90 Å². The molecule has 3 N–H and O–H groups in total. The van der Waals surface area contributed by atoms with Crippen molar-refractivity contribution in [3.05, 3.63) is 11.6 Å². The minimum Gasteiger partial charge on any atom is -0.479 e. The number of hydrogen-bond acceptors (Lipinski definition) is 5. The molecule has 0 aromatic rings. The molecule has 4 amide bonds. The predicted molar refractivity (Wildman–Crippen MR) is 87.7 cm³/mol. The number of urea groups is 1. The normalized spacial score (nSPS) is 27.4. The second-order valence-corrected chi connectivity index (χ2v) is 6.69. The van der Waals surface area contributed by atoms with Crippen molar-refractivity contribution in [2.75, 3.05) is 19.7 Å². The van der Waals surface area contributed by atoms with Gasteiger partial charge < -0.3 is 20.6 Å². The van der Waals surface area contributed by atoms with Crippen molar-refractivity contribution in [2.45, 2.75) is 44.3 Å². The van der Waals surface area contributed by atoms with Crippen LogP contribution in [-0.4, -0.2) is 76.7 Å². The third-order valence-electron chi connectivity index (χ3n) is 4.77. The average molecular weight is 366 g/mol. The lowest BCUT2D eigenvalue weighted by Gasteiger charge is -2.29. The van der Waals surface area contributed by atoms with Crippen molar-refractivity contribution in [3.8, 4) is 0 Å². The molecule has 142 valence electrons. The summed E-state index contributed by atoms with van der Waals surface area (Å²) in [4.78, 5) is 53.3. The Bertz CT molecular complexity index is 663. The van der Waals surface area contributed by atoms with E-state index < -0.39 is 30.7 Å². The molecule has 2 bridgehead atoms. The van der Waals surface area contributed by atoms with E-state index in [0.29, 0.717) is 25.0 Å². The number of fused-ring (bicyclic) bond motifs is 2. The topological polar surface area (TPSA) is 128 Å². The summed E-state index contributed by atoms with van der Waals surface area (Å²) in [6.45, 7) is 1.81. The van der Waals surface area contributed by atoms with Crippen LogP contribution < -0.4 is 10.6 Å². The van der Waals surface area contributed by atoms with Crippen molar-refractivity contribution >= 4 is 23.8 Å². The molecule has 2 fully saturated rings. The van der Waals surface area contributed by atoms with Gasteiger partial charge >= 0.3 is 12.0 Å². The number of amides is 4. The van der Waals surface area contributed by atoms with E-state index in [2.05, 4.69) is 10.6 Å². The van der Waals surface area contributed by atoms with Gasteiger partial charge in [-0.3, -0.25) is 14.4 Å². The number of nitrogens with zero attached hydrogens (tertiary/aromatic N) is 2. The zero-order valence-electron chi connectivity index (χ0n) is 14.4. The largest absolute Gasteiger partial charge is 0.479 e. The summed E-state index contributed by atoms with van der Waals surface area (Å²) in [5.74, 6) is -1.44. The Labute approximate surface area is 150 Å². The van der Waals surface area contributed by atoms with Crippen LogP contribution in [0.2, 0.25) is 0 Å². The molecule has 3 heterocycles. The number of rotatable bonds is 7. The molecule has 0 saturated carbocycles. The smallest absolute Gasteiger partial charge is 0.345 e. The highest BCUT2D eigenvalue weighted by molar-refractivity contribution is 5.91. The van der Waals surface area contributed by atoms with Gasteiger partial charge in [-0.05, 0) is 25.3 Å². The monoisotopic (exact) mass is 366 g/mol. The predicted octanol–water partition coefficient (Wildman–Crippen LogP) is -0.778. The van der Waals surface area contributed by atoms with Gasteiger partial charge in [-0.2, -0.15) is 5.06 Å². The van der Waals surface area contributed by atoms with Crippen LogP contribution in [0.25, 0.3) is 0 Å². The second kappa shape index (κ2) is 7.32.